The van der Waals surface area contributed by atoms with Crippen molar-refractivity contribution in [3.05, 3.63) is 35.9 Å². The Labute approximate surface area is 111 Å². The SMILES string of the molecule is COC(=O)[C@H](C(C)=O)[C@@H](NC(C)=O)c1ccccc1. The van der Waals surface area contributed by atoms with E-state index in [1.807, 2.05) is 6.07 Å². The van der Waals surface area contributed by atoms with E-state index in [0.29, 0.717) is 5.56 Å². The number of methoxy groups -OCH3 is 1. The minimum atomic E-state index is -1.05. The smallest absolute Gasteiger partial charge is 0.318 e. The number of benzene rings is 1. The van der Waals surface area contributed by atoms with Crippen molar-refractivity contribution in [1.29, 1.82) is 0 Å². The van der Waals surface area contributed by atoms with Gasteiger partial charge in [0.05, 0.1) is 13.2 Å². The van der Waals surface area contributed by atoms with Crippen LogP contribution in [0.1, 0.15) is 25.5 Å². The molecule has 2 atom stereocenters. The van der Waals surface area contributed by atoms with Gasteiger partial charge in [-0.15, -0.1) is 0 Å². The van der Waals surface area contributed by atoms with E-state index in [0.717, 1.165) is 0 Å². The zero-order valence-electron chi connectivity index (χ0n) is 11.2. The number of rotatable bonds is 5. The normalized spacial score (nSPS) is 13.2. The van der Waals surface area contributed by atoms with Crippen LogP contribution in [0, 0.1) is 5.92 Å². The van der Waals surface area contributed by atoms with Gasteiger partial charge < -0.3 is 10.1 Å². The van der Waals surface area contributed by atoms with E-state index in [1.165, 1.54) is 21.0 Å². The maximum absolute atomic E-state index is 11.8. The Kier molecular flexibility index (Phi) is 5.23. The van der Waals surface area contributed by atoms with E-state index in [-0.39, 0.29) is 11.7 Å². The molecule has 1 N–H and O–H groups in total. The van der Waals surface area contributed by atoms with E-state index in [4.69, 9.17) is 0 Å². The van der Waals surface area contributed by atoms with Crippen molar-refractivity contribution in [3.63, 3.8) is 0 Å². The molecular weight excluding hydrogens is 246 g/mol. The lowest BCUT2D eigenvalue weighted by molar-refractivity contribution is -0.150. The van der Waals surface area contributed by atoms with E-state index in [1.54, 1.807) is 24.3 Å². The van der Waals surface area contributed by atoms with Crippen LogP contribution in [0.5, 0.6) is 0 Å². The second-order valence-corrected chi connectivity index (χ2v) is 4.20. The molecule has 5 nitrogen and oxygen atoms in total. The fourth-order valence-electron chi connectivity index (χ4n) is 1.90. The Morgan fingerprint density at radius 3 is 2.11 bits per heavy atom. The van der Waals surface area contributed by atoms with Gasteiger partial charge in [-0.1, -0.05) is 30.3 Å². The first-order chi connectivity index (χ1) is 8.97. The van der Waals surface area contributed by atoms with Crippen molar-refractivity contribution in [3.8, 4) is 0 Å². The molecule has 102 valence electrons. The molecule has 1 rings (SSSR count). The molecule has 0 fully saturated rings. The summed E-state index contributed by atoms with van der Waals surface area (Å²) in [6.07, 6.45) is 0. The van der Waals surface area contributed by atoms with Crippen molar-refractivity contribution in [1.82, 2.24) is 5.32 Å². The molecule has 1 aromatic carbocycles. The monoisotopic (exact) mass is 263 g/mol. The number of ketones is 1. The molecule has 1 aromatic rings. The van der Waals surface area contributed by atoms with Crippen molar-refractivity contribution in [2.24, 2.45) is 5.92 Å². The number of amides is 1. The average Bonchev–Trinajstić information content (AvgIpc) is 2.37. The summed E-state index contributed by atoms with van der Waals surface area (Å²) in [5, 5.41) is 2.63. The number of ether oxygens (including phenoxy) is 1. The summed E-state index contributed by atoms with van der Waals surface area (Å²) in [4.78, 5) is 34.7. The van der Waals surface area contributed by atoms with Crippen molar-refractivity contribution >= 4 is 17.7 Å². The third kappa shape index (κ3) is 3.91. The van der Waals surface area contributed by atoms with Crippen molar-refractivity contribution < 1.29 is 19.1 Å². The number of esters is 1. The zero-order valence-corrected chi connectivity index (χ0v) is 11.2. The van der Waals surface area contributed by atoms with Gasteiger partial charge in [-0.2, -0.15) is 0 Å². The van der Waals surface area contributed by atoms with Gasteiger partial charge in [-0.25, -0.2) is 0 Å². The van der Waals surface area contributed by atoms with Gasteiger partial charge in [0.2, 0.25) is 5.91 Å². The molecule has 0 saturated heterocycles. The lowest BCUT2D eigenvalue weighted by atomic mass is 9.90. The predicted molar refractivity (Wildman–Crippen MR) is 69.2 cm³/mol. The van der Waals surface area contributed by atoms with Crippen LogP contribution in [0.15, 0.2) is 30.3 Å². The highest BCUT2D eigenvalue weighted by Gasteiger charge is 2.34. The molecule has 0 aromatic heterocycles. The van der Waals surface area contributed by atoms with Gasteiger partial charge in [0, 0.05) is 6.92 Å². The highest BCUT2D eigenvalue weighted by Crippen LogP contribution is 2.24. The Bertz CT molecular complexity index is 470. The third-order valence-electron chi connectivity index (χ3n) is 2.74. The lowest BCUT2D eigenvalue weighted by Crippen LogP contribution is -2.39. The summed E-state index contributed by atoms with van der Waals surface area (Å²) >= 11 is 0. The van der Waals surface area contributed by atoms with E-state index in [9.17, 15) is 14.4 Å². The maximum atomic E-state index is 11.8. The number of carbonyl (C=O) groups is 3. The summed E-state index contributed by atoms with van der Waals surface area (Å²) in [5.41, 5.74) is 0.684. The van der Waals surface area contributed by atoms with Crippen LogP contribution in [0.2, 0.25) is 0 Å². The Hall–Kier alpha value is -2.17. The second kappa shape index (κ2) is 6.68. The average molecular weight is 263 g/mol. The summed E-state index contributed by atoms with van der Waals surface area (Å²) < 4.78 is 4.65. The first-order valence-electron chi connectivity index (χ1n) is 5.87. The molecule has 0 aliphatic rings. The number of hydrogen-bond donors (Lipinski definition) is 1. The second-order valence-electron chi connectivity index (χ2n) is 4.20. The van der Waals surface area contributed by atoms with Crippen LogP contribution in [-0.4, -0.2) is 24.8 Å². The Morgan fingerprint density at radius 2 is 1.68 bits per heavy atom. The first-order valence-corrected chi connectivity index (χ1v) is 5.87. The molecule has 0 aliphatic heterocycles. The minimum Gasteiger partial charge on any atom is -0.468 e. The summed E-state index contributed by atoms with van der Waals surface area (Å²) in [6.45, 7) is 2.64. The fourth-order valence-corrected chi connectivity index (χ4v) is 1.90. The van der Waals surface area contributed by atoms with Crippen LogP contribution < -0.4 is 5.32 Å². The van der Waals surface area contributed by atoms with Gasteiger partial charge in [-0.05, 0) is 12.5 Å². The predicted octanol–water partition coefficient (Wildman–Crippen LogP) is 1.24. The van der Waals surface area contributed by atoms with Gasteiger partial charge in [0.25, 0.3) is 0 Å². The van der Waals surface area contributed by atoms with Gasteiger partial charge in [0.1, 0.15) is 11.7 Å². The molecule has 5 heteroatoms. The molecular formula is C14H17NO4. The molecule has 0 spiro atoms. The van der Waals surface area contributed by atoms with Crippen LogP contribution in [-0.2, 0) is 19.1 Å². The Balaban J connectivity index is 3.17. The molecule has 0 heterocycles. The molecule has 1 amide bonds. The van der Waals surface area contributed by atoms with Gasteiger partial charge >= 0.3 is 5.97 Å². The number of hydrogen-bond acceptors (Lipinski definition) is 4. The topological polar surface area (TPSA) is 72.5 Å². The number of carbonyl (C=O) groups excluding carboxylic acids is 3. The summed E-state index contributed by atoms with van der Waals surface area (Å²) in [6, 6.07) is 8.15. The zero-order chi connectivity index (χ0) is 14.4. The molecule has 0 aliphatic carbocycles. The van der Waals surface area contributed by atoms with Crippen LogP contribution in [0.4, 0.5) is 0 Å². The maximum Gasteiger partial charge on any atom is 0.318 e. The standard InChI is InChI=1S/C14H17NO4/c1-9(16)12(14(18)19-3)13(15-10(2)17)11-7-5-4-6-8-11/h4-8,12-13H,1-3H3,(H,15,17)/t12-,13+/m1/s1. The highest BCUT2D eigenvalue weighted by molar-refractivity contribution is 5.99. The van der Waals surface area contributed by atoms with Crippen molar-refractivity contribution in [2.45, 2.75) is 19.9 Å². The largest absolute Gasteiger partial charge is 0.468 e. The van der Waals surface area contributed by atoms with Gasteiger partial charge in [-0.3, -0.25) is 14.4 Å². The van der Waals surface area contributed by atoms with Crippen LogP contribution in [0.25, 0.3) is 0 Å². The van der Waals surface area contributed by atoms with Crippen molar-refractivity contribution in [2.75, 3.05) is 7.11 Å². The quantitative estimate of drug-likeness (QED) is 0.641. The van der Waals surface area contributed by atoms with E-state index < -0.39 is 17.9 Å². The van der Waals surface area contributed by atoms with E-state index >= 15 is 0 Å². The molecule has 0 radical (unpaired) electrons. The van der Waals surface area contributed by atoms with Crippen LogP contribution in [0.3, 0.4) is 0 Å². The van der Waals surface area contributed by atoms with Gasteiger partial charge in [0.15, 0.2) is 0 Å². The molecule has 0 unspecified atom stereocenters. The number of nitrogens with one attached hydrogen (secondary N) is 1. The first kappa shape index (κ1) is 14.9. The molecule has 0 bridgehead atoms. The third-order valence-corrected chi connectivity index (χ3v) is 2.74. The van der Waals surface area contributed by atoms with Crippen LogP contribution >= 0.6 is 0 Å². The highest BCUT2D eigenvalue weighted by atomic mass is 16.5. The summed E-state index contributed by atoms with van der Waals surface area (Å²) in [5.74, 6) is -2.37. The molecule has 19 heavy (non-hydrogen) atoms. The lowest BCUT2D eigenvalue weighted by Gasteiger charge is -2.24. The Morgan fingerprint density at radius 1 is 1.11 bits per heavy atom. The molecule has 0 saturated carbocycles. The minimum absolute atomic E-state index is 0.316. The summed E-state index contributed by atoms with van der Waals surface area (Å²) in [7, 11) is 1.22. The number of Topliss-reactive ketones (excluding diaryl/α,β-unsaturated/α-hetero) is 1. The van der Waals surface area contributed by atoms with E-state index in [2.05, 4.69) is 10.1 Å². The fraction of sp³-hybridized carbons (Fsp3) is 0.357.